The van der Waals surface area contributed by atoms with Gasteiger partial charge < -0.3 is 4.90 Å². The summed E-state index contributed by atoms with van der Waals surface area (Å²) in [6.07, 6.45) is 0. The van der Waals surface area contributed by atoms with E-state index in [1.807, 2.05) is 5.01 Å². The van der Waals surface area contributed by atoms with Crippen LogP contribution in [0.15, 0.2) is 0 Å². The fourth-order valence-corrected chi connectivity index (χ4v) is 0.822. The SMILES string of the molecule is CN1CCN(N)CC1.Cl.Cl. The Morgan fingerprint density at radius 1 is 1.00 bits per heavy atom. The second-order valence-electron chi connectivity index (χ2n) is 2.34. The third-order valence-corrected chi connectivity index (χ3v) is 1.54. The first-order valence-electron chi connectivity index (χ1n) is 2.97. The first-order valence-corrected chi connectivity index (χ1v) is 2.97. The highest BCUT2D eigenvalue weighted by molar-refractivity contribution is 5.85. The first kappa shape index (κ1) is 13.1. The number of piperazine rings is 1. The van der Waals surface area contributed by atoms with Crippen molar-refractivity contribution >= 4 is 24.8 Å². The van der Waals surface area contributed by atoms with Gasteiger partial charge in [0.2, 0.25) is 0 Å². The van der Waals surface area contributed by atoms with Gasteiger partial charge in [-0.2, -0.15) is 0 Å². The minimum Gasteiger partial charge on any atom is -0.304 e. The van der Waals surface area contributed by atoms with Gasteiger partial charge in [0.15, 0.2) is 0 Å². The molecule has 64 valence electrons. The molecule has 1 rings (SSSR count). The lowest BCUT2D eigenvalue weighted by Crippen LogP contribution is -2.47. The van der Waals surface area contributed by atoms with Gasteiger partial charge in [-0.05, 0) is 7.05 Å². The molecule has 0 saturated carbocycles. The lowest BCUT2D eigenvalue weighted by molar-refractivity contribution is 0.156. The van der Waals surface area contributed by atoms with Crippen LogP contribution in [0, 0.1) is 0 Å². The van der Waals surface area contributed by atoms with Gasteiger partial charge in [-0.25, -0.2) is 5.01 Å². The van der Waals surface area contributed by atoms with Gasteiger partial charge >= 0.3 is 0 Å². The number of nitrogens with two attached hydrogens (primary N) is 1. The third kappa shape index (κ3) is 4.30. The Kier molecular flexibility index (Phi) is 8.09. The summed E-state index contributed by atoms with van der Waals surface area (Å²) in [5.74, 6) is 5.50. The van der Waals surface area contributed by atoms with Crippen LogP contribution < -0.4 is 5.84 Å². The van der Waals surface area contributed by atoms with Crippen molar-refractivity contribution in [3.63, 3.8) is 0 Å². The van der Waals surface area contributed by atoms with E-state index >= 15 is 0 Å². The number of hydrogen-bond acceptors (Lipinski definition) is 3. The molecule has 0 atom stereocenters. The summed E-state index contributed by atoms with van der Waals surface area (Å²) in [5, 5.41) is 1.86. The average molecular weight is 188 g/mol. The quantitative estimate of drug-likeness (QED) is 0.541. The number of rotatable bonds is 0. The summed E-state index contributed by atoms with van der Waals surface area (Å²) in [6, 6.07) is 0. The van der Waals surface area contributed by atoms with Crippen LogP contribution in [-0.2, 0) is 0 Å². The van der Waals surface area contributed by atoms with Gasteiger partial charge in [0.1, 0.15) is 0 Å². The van der Waals surface area contributed by atoms with Crippen molar-refractivity contribution in [3.8, 4) is 0 Å². The highest BCUT2D eigenvalue weighted by atomic mass is 35.5. The lowest BCUT2D eigenvalue weighted by atomic mass is 10.4. The molecule has 3 nitrogen and oxygen atoms in total. The Balaban J connectivity index is 0. The highest BCUT2D eigenvalue weighted by Gasteiger charge is 2.08. The Morgan fingerprint density at radius 3 is 1.70 bits per heavy atom. The Hall–Kier alpha value is 0.460. The van der Waals surface area contributed by atoms with Crippen LogP contribution >= 0.6 is 24.8 Å². The topological polar surface area (TPSA) is 32.5 Å². The number of nitrogens with zero attached hydrogens (tertiary/aromatic N) is 2. The number of hydrogen-bond donors (Lipinski definition) is 1. The van der Waals surface area contributed by atoms with Gasteiger partial charge in [0.05, 0.1) is 0 Å². The minimum absolute atomic E-state index is 0. The van der Waals surface area contributed by atoms with E-state index in [0.29, 0.717) is 0 Å². The van der Waals surface area contributed by atoms with E-state index in [0.717, 1.165) is 26.2 Å². The van der Waals surface area contributed by atoms with E-state index in [1.54, 1.807) is 0 Å². The Labute approximate surface area is 74.3 Å². The zero-order valence-corrected chi connectivity index (χ0v) is 7.75. The van der Waals surface area contributed by atoms with Crippen LogP contribution in [0.3, 0.4) is 0 Å². The molecule has 0 radical (unpaired) electrons. The molecule has 1 aliphatic rings. The number of hydrazine groups is 1. The second kappa shape index (κ2) is 6.19. The average Bonchev–Trinajstić information content (AvgIpc) is 1.77. The lowest BCUT2D eigenvalue weighted by Gasteiger charge is -2.28. The summed E-state index contributed by atoms with van der Waals surface area (Å²) in [5.41, 5.74) is 0. The molecule has 0 aromatic carbocycles. The molecule has 0 amide bonds. The fraction of sp³-hybridized carbons (Fsp3) is 1.00. The van der Waals surface area contributed by atoms with Crippen molar-refractivity contribution in [2.24, 2.45) is 5.84 Å². The smallest absolute Gasteiger partial charge is 0.0256 e. The molecule has 0 aliphatic carbocycles. The van der Waals surface area contributed by atoms with E-state index in [9.17, 15) is 0 Å². The maximum absolute atomic E-state index is 5.50. The monoisotopic (exact) mass is 187 g/mol. The Bertz CT molecular complexity index is 63.3. The summed E-state index contributed by atoms with van der Waals surface area (Å²) in [4.78, 5) is 2.28. The largest absolute Gasteiger partial charge is 0.304 e. The van der Waals surface area contributed by atoms with E-state index in [1.165, 1.54) is 0 Å². The molecule has 1 saturated heterocycles. The normalized spacial score (nSPS) is 21.0. The molecule has 5 heteroatoms. The van der Waals surface area contributed by atoms with Crippen LogP contribution in [0.5, 0.6) is 0 Å². The molecule has 0 aromatic rings. The van der Waals surface area contributed by atoms with Crippen LogP contribution in [0.1, 0.15) is 0 Å². The van der Waals surface area contributed by atoms with Gasteiger partial charge in [-0.1, -0.05) is 0 Å². The first-order chi connectivity index (χ1) is 3.79. The summed E-state index contributed by atoms with van der Waals surface area (Å²) in [6.45, 7) is 4.24. The van der Waals surface area contributed by atoms with Crippen LogP contribution in [0.2, 0.25) is 0 Å². The summed E-state index contributed by atoms with van der Waals surface area (Å²) < 4.78 is 0. The van der Waals surface area contributed by atoms with Gasteiger partial charge in [-0.3, -0.25) is 5.84 Å². The molecule has 2 N–H and O–H groups in total. The predicted molar refractivity (Wildman–Crippen MR) is 47.8 cm³/mol. The summed E-state index contributed by atoms with van der Waals surface area (Å²) in [7, 11) is 2.12. The molecule has 0 unspecified atom stereocenters. The van der Waals surface area contributed by atoms with Gasteiger partial charge in [0, 0.05) is 26.2 Å². The fourth-order valence-electron chi connectivity index (χ4n) is 0.822. The predicted octanol–water partition coefficient (Wildman–Crippen LogP) is -0.0489. The van der Waals surface area contributed by atoms with Crippen LogP contribution in [-0.4, -0.2) is 43.1 Å². The standard InChI is InChI=1S/C5H13N3.2ClH/c1-7-2-4-8(6)5-3-7;;/h2-6H2,1H3;2*1H. The molecule has 10 heavy (non-hydrogen) atoms. The second-order valence-corrected chi connectivity index (χ2v) is 2.34. The zero-order valence-electron chi connectivity index (χ0n) is 6.12. The van der Waals surface area contributed by atoms with Crippen LogP contribution in [0.4, 0.5) is 0 Å². The van der Waals surface area contributed by atoms with Crippen molar-refractivity contribution in [2.45, 2.75) is 0 Å². The van der Waals surface area contributed by atoms with E-state index in [-0.39, 0.29) is 24.8 Å². The molecule has 1 aliphatic heterocycles. The highest BCUT2D eigenvalue weighted by Crippen LogP contribution is 1.91. The van der Waals surface area contributed by atoms with Crippen LogP contribution in [0.25, 0.3) is 0 Å². The van der Waals surface area contributed by atoms with Gasteiger partial charge in [0.25, 0.3) is 0 Å². The van der Waals surface area contributed by atoms with Crippen molar-refractivity contribution in [1.29, 1.82) is 0 Å². The van der Waals surface area contributed by atoms with E-state index < -0.39 is 0 Å². The third-order valence-electron chi connectivity index (χ3n) is 1.54. The minimum atomic E-state index is 0. The summed E-state index contributed by atoms with van der Waals surface area (Å²) >= 11 is 0. The van der Waals surface area contributed by atoms with Crippen molar-refractivity contribution < 1.29 is 0 Å². The molecule has 1 heterocycles. The molecule has 0 aromatic heterocycles. The number of likely N-dealkylation sites (N-methyl/N-ethyl adjacent to an activating group) is 1. The van der Waals surface area contributed by atoms with Gasteiger partial charge in [-0.15, -0.1) is 24.8 Å². The number of halogens is 2. The van der Waals surface area contributed by atoms with Crippen molar-refractivity contribution in [3.05, 3.63) is 0 Å². The molecule has 0 spiro atoms. The molecular weight excluding hydrogens is 173 g/mol. The van der Waals surface area contributed by atoms with E-state index in [2.05, 4.69) is 11.9 Å². The van der Waals surface area contributed by atoms with E-state index in [4.69, 9.17) is 5.84 Å². The zero-order chi connectivity index (χ0) is 5.98. The Morgan fingerprint density at radius 2 is 1.40 bits per heavy atom. The molecular formula is C5H15Cl2N3. The molecule has 0 bridgehead atoms. The van der Waals surface area contributed by atoms with Crippen molar-refractivity contribution in [2.75, 3.05) is 33.2 Å². The maximum Gasteiger partial charge on any atom is 0.0256 e. The maximum atomic E-state index is 5.50. The van der Waals surface area contributed by atoms with Crippen molar-refractivity contribution in [1.82, 2.24) is 9.91 Å². The molecule has 1 fully saturated rings.